The zero-order valence-electron chi connectivity index (χ0n) is 11.7. The molecule has 104 valence electrons. The molecule has 2 fully saturated rings. The van der Waals surface area contributed by atoms with Crippen LogP contribution in [0.5, 0.6) is 0 Å². The zero-order chi connectivity index (χ0) is 13.3. The Labute approximate surface area is 110 Å². The fraction of sp³-hybridized carbons (Fsp3) is 0.929. The van der Waals surface area contributed by atoms with E-state index in [2.05, 4.69) is 26.1 Å². The van der Waals surface area contributed by atoms with E-state index in [9.17, 15) is 4.79 Å². The molecule has 4 heteroatoms. The van der Waals surface area contributed by atoms with Gasteiger partial charge in [-0.3, -0.25) is 4.79 Å². The average Bonchev–Trinajstić information content (AvgIpc) is 2.99. The lowest BCUT2D eigenvalue weighted by molar-refractivity contribution is -0.123. The van der Waals surface area contributed by atoms with Crippen molar-refractivity contribution in [3.8, 4) is 0 Å². The third-order valence-corrected chi connectivity index (χ3v) is 4.09. The Morgan fingerprint density at radius 2 is 2.06 bits per heavy atom. The van der Waals surface area contributed by atoms with Crippen molar-refractivity contribution in [3.63, 3.8) is 0 Å². The third-order valence-electron chi connectivity index (χ3n) is 4.09. The molecule has 0 spiro atoms. The van der Waals surface area contributed by atoms with E-state index < -0.39 is 0 Å². The lowest BCUT2D eigenvalue weighted by atomic mass is 9.85. The summed E-state index contributed by atoms with van der Waals surface area (Å²) in [7, 11) is 0. The summed E-state index contributed by atoms with van der Waals surface area (Å²) < 4.78 is 5.72. The van der Waals surface area contributed by atoms with Gasteiger partial charge in [0, 0.05) is 19.1 Å². The minimum absolute atomic E-state index is 0.0284. The molecule has 0 aromatic heterocycles. The van der Waals surface area contributed by atoms with Gasteiger partial charge in [0.25, 0.3) is 0 Å². The van der Waals surface area contributed by atoms with Crippen molar-refractivity contribution in [1.29, 1.82) is 0 Å². The summed E-state index contributed by atoms with van der Waals surface area (Å²) in [6, 6.07) is 0.108. The van der Waals surface area contributed by atoms with Gasteiger partial charge in [-0.25, -0.2) is 0 Å². The van der Waals surface area contributed by atoms with Crippen LogP contribution < -0.4 is 11.1 Å². The highest BCUT2D eigenvalue weighted by Gasteiger charge is 2.41. The maximum absolute atomic E-state index is 12.0. The molecule has 1 amide bonds. The van der Waals surface area contributed by atoms with Crippen LogP contribution in [-0.4, -0.2) is 30.7 Å². The number of carbonyl (C=O) groups is 1. The molecule has 0 bridgehead atoms. The first-order valence-electron chi connectivity index (χ1n) is 7.04. The number of amides is 1. The highest BCUT2D eigenvalue weighted by Crippen LogP contribution is 2.38. The Kier molecular flexibility index (Phi) is 3.97. The van der Waals surface area contributed by atoms with Gasteiger partial charge in [-0.1, -0.05) is 20.8 Å². The Hall–Kier alpha value is -0.610. The molecule has 18 heavy (non-hydrogen) atoms. The molecule has 1 saturated carbocycles. The van der Waals surface area contributed by atoms with Gasteiger partial charge in [0.2, 0.25) is 5.91 Å². The first-order chi connectivity index (χ1) is 8.38. The van der Waals surface area contributed by atoms with Crippen molar-refractivity contribution in [3.05, 3.63) is 0 Å². The van der Waals surface area contributed by atoms with Gasteiger partial charge >= 0.3 is 0 Å². The number of hydrogen-bond donors (Lipinski definition) is 2. The topological polar surface area (TPSA) is 64.4 Å². The summed E-state index contributed by atoms with van der Waals surface area (Å²) in [6.45, 7) is 6.97. The third kappa shape index (κ3) is 3.45. The van der Waals surface area contributed by atoms with Crippen molar-refractivity contribution >= 4 is 5.91 Å². The fourth-order valence-corrected chi connectivity index (χ4v) is 2.43. The Morgan fingerprint density at radius 1 is 1.39 bits per heavy atom. The summed E-state index contributed by atoms with van der Waals surface area (Å²) >= 11 is 0. The van der Waals surface area contributed by atoms with E-state index in [-0.39, 0.29) is 29.5 Å². The lowest BCUT2D eigenvalue weighted by Crippen LogP contribution is -2.45. The molecule has 1 aliphatic heterocycles. The molecule has 3 unspecified atom stereocenters. The van der Waals surface area contributed by atoms with Crippen LogP contribution in [0.2, 0.25) is 0 Å². The van der Waals surface area contributed by atoms with Gasteiger partial charge in [0.05, 0.1) is 12.1 Å². The molecule has 3 atom stereocenters. The summed E-state index contributed by atoms with van der Waals surface area (Å²) in [6.07, 6.45) is 4.09. The van der Waals surface area contributed by atoms with Gasteiger partial charge < -0.3 is 15.8 Å². The van der Waals surface area contributed by atoms with Crippen molar-refractivity contribution in [2.45, 2.75) is 64.6 Å². The van der Waals surface area contributed by atoms with Crippen molar-refractivity contribution in [1.82, 2.24) is 5.32 Å². The second kappa shape index (κ2) is 5.17. The average molecular weight is 254 g/mol. The summed E-state index contributed by atoms with van der Waals surface area (Å²) in [5.41, 5.74) is 6.01. The van der Waals surface area contributed by atoms with Crippen molar-refractivity contribution in [2.75, 3.05) is 6.61 Å². The number of hydrogen-bond acceptors (Lipinski definition) is 3. The second-order valence-electron chi connectivity index (χ2n) is 6.81. The summed E-state index contributed by atoms with van der Waals surface area (Å²) in [5, 5.41) is 3.11. The maximum atomic E-state index is 12.0. The molecule has 0 aromatic rings. The molecule has 3 N–H and O–H groups in total. The van der Waals surface area contributed by atoms with Gasteiger partial charge in [0.15, 0.2) is 0 Å². The molecule has 1 saturated heterocycles. The van der Waals surface area contributed by atoms with E-state index in [4.69, 9.17) is 10.5 Å². The minimum atomic E-state index is -0.0980. The van der Waals surface area contributed by atoms with Crippen LogP contribution >= 0.6 is 0 Å². The van der Waals surface area contributed by atoms with Crippen LogP contribution in [0.15, 0.2) is 0 Å². The van der Waals surface area contributed by atoms with Crippen LogP contribution in [0.3, 0.4) is 0 Å². The van der Waals surface area contributed by atoms with Gasteiger partial charge in [-0.15, -0.1) is 0 Å². The van der Waals surface area contributed by atoms with E-state index in [1.807, 2.05) is 0 Å². The zero-order valence-corrected chi connectivity index (χ0v) is 11.7. The van der Waals surface area contributed by atoms with E-state index >= 15 is 0 Å². The van der Waals surface area contributed by atoms with Gasteiger partial charge in [-0.05, 0) is 30.6 Å². The standard InChI is InChI=1S/C14H26N2O2/c1-14(2,3)11(15)8-12(17)16-10-6-7-18-13(10)9-4-5-9/h9-11,13H,4-8,15H2,1-3H3,(H,16,17). The van der Waals surface area contributed by atoms with E-state index in [0.717, 1.165) is 13.0 Å². The number of carbonyl (C=O) groups excluding carboxylic acids is 1. The Bertz CT molecular complexity index is 307. The van der Waals surface area contributed by atoms with Crippen LogP contribution in [-0.2, 0) is 9.53 Å². The van der Waals surface area contributed by atoms with Crippen LogP contribution in [0, 0.1) is 11.3 Å². The SMILES string of the molecule is CC(C)(C)C(N)CC(=O)NC1CCOC1C1CC1. The molecule has 1 heterocycles. The molecule has 4 nitrogen and oxygen atoms in total. The monoisotopic (exact) mass is 254 g/mol. The molecule has 0 radical (unpaired) electrons. The van der Waals surface area contributed by atoms with Gasteiger partial charge in [-0.2, -0.15) is 0 Å². The quantitative estimate of drug-likeness (QED) is 0.798. The van der Waals surface area contributed by atoms with Crippen LogP contribution in [0.25, 0.3) is 0 Å². The fourth-order valence-electron chi connectivity index (χ4n) is 2.43. The van der Waals surface area contributed by atoms with Crippen molar-refractivity contribution in [2.24, 2.45) is 17.1 Å². The molecule has 2 rings (SSSR count). The van der Waals surface area contributed by atoms with E-state index in [1.54, 1.807) is 0 Å². The molecular weight excluding hydrogens is 228 g/mol. The number of rotatable bonds is 4. The summed E-state index contributed by atoms with van der Waals surface area (Å²) in [4.78, 5) is 12.0. The minimum Gasteiger partial charge on any atom is -0.376 e. The van der Waals surface area contributed by atoms with Gasteiger partial charge in [0.1, 0.15) is 0 Å². The number of nitrogens with two attached hydrogens (primary N) is 1. The first kappa shape index (κ1) is 13.8. The molecular formula is C14H26N2O2. The van der Waals surface area contributed by atoms with Crippen LogP contribution in [0.4, 0.5) is 0 Å². The Balaban J connectivity index is 1.80. The smallest absolute Gasteiger partial charge is 0.221 e. The van der Waals surface area contributed by atoms with Crippen LogP contribution in [0.1, 0.15) is 46.5 Å². The molecule has 1 aliphatic carbocycles. The Morgan fingerprint density at radius 3 is 2.61 bits per heavy atom. The van der Waals surface area contributed by atoms with E-state index in [0.29, 0.717) is 12.3 Å². The van der Waals surface area contributed by atoms with Crippen molar-refractivity contribution < 1.29 is 9.53 Å². The lowest BCUT2D eigenvalue weighted by Gasteiger charge is -2.27. The second-order valence-corrected chi connectivity index (χ2v) is 6.81. The maximum Gasteiger partial charge on any atom is 0.221 e. The first-order valence-corrected chi connectivity index (χ1v) is 7.04. The number of ether oxygens (including phenoxy) is 1. The van der Waals surface area contributed by atoms with E-state index in [1.165, 1.54) is 12.8 Å². The molecule has 2 aliphatic rings. The predicted octanol–water partition coefficient (Wildman–Crippen LogP) is 1.43. The number of nitrogens with one attached hydrogen (secondary N) is 1. The predicted molar refractivity (Wildman–Crippen MR) is 71.1 cm³/mol. The highest BCUT2D eigenvalue weighted by atomic mass is 16.5. The molecule has 0 aromatic carbocycles. The summed E-state index contributed by atoms with van der Waals surface area (Å²) in [5.74, 6) is 0.743. The largest absolute Gasteiger partial charge is 0.376 e. The highest BCUT2D eigenvalue weighted by molar-refractivity contribution is 5.77. The normalized spacial score (nSPS) is 30.2.